The summed E-state index contributed by atoms with van der Waals surface area (Å²) in [6.07, 6.45) is 5.57. The van der Waals surface area contributed by atoms with Gasteiger partial charge in [0, 0.05) is 43.0 Å². The van der Waals surface area contributed by atoms with Crippen molar-refractivity contribution in [1.29, 1.82) is 0 Å². The smallest absolute Gasteiger partial charge is 0.257 e. The lowest BCUT2D eigenvalue weighted by atomic mass is 10.2. The number of sulfonamides is 1. The summed E-state index contributed by atoms with van der Waals surface area (Å²) < 4.78 is 27.8. The summed E-state index contributed by atoms with van der Waals surface area (Å²) in [5.41, 5.74) is 1.49. The van der Waals surface area contributed by atoms with Gasteiger partial charge in [-0.2, -0.15) is 4.31 Å². The predicted molar refractivity (Wildman–Crippen MR) is 134 cm³/mol. The molecular formula is C24H36N4O3S2. The Labute approximate surface area is 202 Å². The molecule has 182 valence electrons. The van der Waals surface area contributed by atoms with Gasteiger partial charge in [0.15, 0.2) is 5.13 Å². The third kappa shape index (κ3) is 6.62. The van der Waals surface area contributed by atoms with E-state index >= 15 is 0 Å². The Kier molecular flexibility index (Phi) is 9.43. The summed E-state index contributed by atoms with van der Waals surface area (Å²) in [4.78, 5) is 21.2. The summed E-state index contributed by atoms with van der Waals surface area (Å²) in [5.74, 6) is -0.274. The van der Waals surface area contributed by atoms with Gasteiger partial charge in [0.05, 0.1) is 10.6 Å². The van der Waals surface area contributed by atoms with E-state index in [0.29, 0.717) is 23.8 Å². The summed E-state index contributed by atoms with van der Waals surface area (Å²) in [5, 5.41) is 3.49. The third-order valence-corrected chi connectivity index (χ3v) is 8.76. The van der Waals surface area contributed by atoms with Gasteiger partial charge >= 0.3 is 0 Å². The van der Waals surface area contributed by atoms with E-state index in [9.17, 15) is 13.2 Å². The molecule has 2 heterocycles. The van der Waals surface area contributed by atoms with Gasteiger partial charge in [-0.15, -0.1) is 11.3 Å². The monoisotopic (exact) mass is 492 g/mol. The van der Waals surface area contributed by atoms with Gasteiger partial charge in [0.1, 0.15) is 0 Å². The lowest BCUT2D eigenvalue weighted by molar-refractivity contribution is 0.102. The molecule has 1 aromatic carbocycles. The number of unbranched alkanes of at least 4 members (excludes halogenated alkanes) is 2. The van der Waals surface area contributed by atoms with E-state index in [0.717, 1.165) is 63.9 Å². The van der Waals surface area contributed by atoms with E-state index in [1.54, 1.807) is 16.4 Å². The molecule has 0 fully saturated rings. The van der Waals surface area contributed by atoms with Crippen molar-refractivity contribution in [2.24, 2.45) is 0 Å². The molecule has 1 N–H and O–H groups in total. The number of amides is 1. The van der Waals surface area contributed by atoms with Crippen LogP contribution in [0, 0.1) is 0 Å². The number of hydrogen-bond donors (Lipinski definition) is 1. The van der Waals surface area contributed by atoms with E-state index in [4.69, 9.17) is 0 Å². The number of aromatic nitrogens is 1. The minimum atomic E-state index is -3.57. The fourth-order valence-electron chi connectivity index (χ4n) is 3.93. The number of rotatable bonds is 12. The second-order valence-electron chi connectivity index (χ2n) is 8.50. The molecule has 1 aliphatic rings. The van der Waals surface area contributed by atoms with Gasteiger partial charge in [-0.3, -0.25) is 15.0 Å². The predicted octanol–water partition coefficient (Wildman–Crippen LogP) is 4.75. The van der Waals surface area contributed by atoms with E-state index < -0.39 is 10.0 Å². The molecule has 9 heteroatoms. The Morgan fingerprint density at radius 2 is 1.76 bits per heavy atom. The maximum atomic E-state index is 13.1. The molecule has 1 aromatic heterocycles. The van der Waals surface area contributed by atoms with E-state index in [1.807, 2.05) is 0 Å². The van der Waals surface area contributed by atoms with Crippen LogP contribution < -0.4 is 5.32 Å². The molecule has 2 aromatic rings. The summed E-state index contributed by atoms with van der Waals surface area (Å²) >= 11 is 1.53. The van der Waals surface area contributed by atoms with Crippen LogP contribution in [0.4, 0.5) is 5.13 Å². The largest absolute Gasteiger partial charge is 0.298 e. The van der Waals surface area contributed by atoms with Crippen molar-refractivity contribution in [3.05, 3.63) is 40.4 Å². The molecule has 0 unspecified atom stereocenters. The topological polar surface area (TPSA) is 82.6 Å². The first-order valence-electron chi connectivity index (χ1n) is 12.0. The highest BCUT2D eigenvalue weighted by atomic mass is 32.2. The molecule has 0 atom stereocenters. The fourth-order valence-corrected chi connectivity index (χ4v) is 6.49. The number of thiazole rings is 1. The van der Waals surface area contributed by atoms with Gasteiger partial charge < -0.3 is 0 Å². The molecule has 33 heavy (non-hydrogen) atoms. The normalized spacial score (nSPS) is 14.4. The average Bonchev–Trinajstić information content (AvgIpc) is 3.20. The first-order chi connectivity index (χ1) is 15.9. The van der Waals surface area contributed by atoms with Crippen molar-refractivity contribution in [2.75, 3.05) is 31.5 Å². The van der Waals surface area contributed by atoms with Crippen LogP contribution >= 0.6 is 11.3 Å². The Morgan fingerprint density at radius 1 is 1.09 bits per heavy atom. The van der Waals surface area contributed by atoms with Crippen LogP contribution in [0.1, 0.15) is 73.8 Å². The number of nitrogens with zero attached hydrogens (tertiary/aromatic N) is 3. The maximum Gasteiger partial charge on any atom is 0.257 e. The van der Waals surface area contributed by atoms with E-state index in [2.05, 4.69) is 36.0 Å². The molecule has 0 radical (unpaired) electrons. The van der Waals surface area contributed by atoms with Crippen molar-refractivity contribution in [3.8, 4) is 0 Å². The van der Waals surface area contributed by atoms with Gasteiger partial charge in [0.2, 0.25) is 10.0 Å². The molecular weight excluding hydrogens is 456 g/mol. The quantitative estimate of drug-likeness (QED) is 0.462. The number of nitrogens with one attached hydrogen (secondary N) is 1. The molecule has 0 spiro atoms. The molecule has 7 nitrogen and oxygen atoms in total. The average molecular weight is 493 g/mol. The summed E-state index contributed by atoms with van der Waals surface area (Å²) in [6.45, 7) is 10.3. The van der Waals surface area contributed by atoms with Crippen LogP contribution in [-0.2, 0) is 23.0 Å². The number of fused-ring (bicyclic) bond motifs is 1. The molecule has 0 aliphatic carbocycles. The maximum absolute atomic E-state index is 13.1. The number of hydrogen-bond acceptors (Lipinski definition) is 6. The molecule has 0 bridgehead atoms. The van der Waals surface area contributed by atoms with Gasteiger partial charge in [0.25, 0.3) is 5.91 Å². The highest BCUT2D eigenvalue weighted by molar-refractivity contribution is 7.89. The van der Waals surface area contributed by atoms with E-state index in [-0.39, 0.29) is 10.8 Å². The molecule has 0 saturated carbocycles. The number of benzene rings is 1. The van der Waals surface area contributed by atoms with Gasteiger partial charge in [-0.05, 0) is 50.1 Å². The number of carbonyl (C=O) groups is 1. The van der Waals surface area contributed by atoms with Gasteiger partial charge in [-0.25, -0.2) is 13.4 Å². The van der Waals surface area contributed by atoms with Crippen LogP contribution in [0.3, 0.4) is 0 Å². The second-order valence-corrected chi connectivity index (χ2v) is 11.5. The molecule has 1 aliphatic heterocycles. The van der Waals surface area contributed by atoms with E-state index in [1.165, 1.54) is 28.3 Å². The zero-order valence-electron chi connectivity index (χ0n) is 20.0. The summed E-state index contributed by atoms with van der Waals surface area (Å²) in [6, 6.07) is 6.22. The zero-order chi connectivity index (χ0) is 23.8. The highest BCUT2D eigenvalue weighted by Gasteiger charge is 2.24. The Hall–Kier alpha value is -1.81. The van der Waals surface area contributed by atoms with Crippen LogP contribution in [0.5, 0.6) is 0 Å². The van der Waals surface area contributed by atoms with Crippen molar-refractivity contribution < 1.29 is 13.2 Å². The van der Waals surface area contributed by atoms with Gasteiger partial charge in [-0.1, -0.05) is 33.6 Å². The second kappa shape index (κ2) is 12.1. The standard InChI is InChI=1S/C24H36N4O3S2/c1-4-7-15-28(16-8-5-2)33(30,31)20-11-9-19(10-12-20)23(29)26-24-25-21-13-17-27(14-6-3)18-22(21)32-24/h9-12H,4-8,13-18H2,1-3H3,(H,25,26,29). The Morgan fingerprint density at radius 3 is 2.36 bits per heavy atom. The van der Waals surface area contributed by atoms with Crippen LogP contribution in [-0.4, -0.2) is 54.7 Å². The lowest BCUT2D eigenvalue weighted by Gasteiger charge is -2.24. The molecule has 3 rings (SSSR count). The SMILES string of the molecule is CCCCN(CCCC)S(=O)(=O)c1ccc(C(=O)Nc2nc3c(s2)CN(CCC)CC3)cc1. The van der Waals surface area contributed by atoms with Crippen molar-refractivity contribution in [3.63, 3.8) is 0 Å². The molecule has 1 amide bonds. The highest BCUT2D eigenvalue weighted by Crippen LogP contribution is 2.29. The third-order valence-electron chi connectivity index (χ3n) is 5.85. The van der Waals surface area contributed by atoms with Crippen molar-refractivity contribution >= 4 is 32.4 Å². The van der Waals surface area contributed by atoms with Crippen molar-refractivity contribution in [2.45, 2.75) is 70.7 Å². The Bertz CT molecular complexity index is 1010. The van der Waals surface area contributed by atoms with Crippen LogP contribution in [0.2, 0.25) is 0 Å². The minimum Gasteiger partial charge on any atom is -0.298 e. The first kappa shape index (κ1) is 25.8. The number of anilines is 1. The van der Waals surface area contributed by atoms with Crippen LogP contribution in [0.25, 0.3) is 0 Å². The fraction of sp³-hybridized carbons (Fsp3) is 0.583. The Balaban J connectivity index is 1.67. The van der Waals surface area contributed by atoms with Crippen LogP contribution in [0.15, 0.2) is 29.2 Å². The molecule has 0 saturated heterocycles. The minimum absolute atomic E-state index is 0.229. The summed E-state index contributed by atoms with van der Waals surface area (Å²) in [7, 11) is -3.57. The first-order valence-corrected chi connectivity index (χ1v) is 14.3. The lowest BCUT2D eigenvalue weighted by Crippen LogP contribution is -2.33. The number of carbonyl (C=O) groups excluding carboxylic acids is 1. The van der Waals surface area contributed by atoms with Crippen molar-refractivity contribution in [1.82, 2.24) is 14.2 Å². The zero-order valence-corrected chi connectivity index (χ0v) is 21.6.